The summed E-state index contributed by atoms with van der Waals surface area (Å²) in [4.78, 5) is 0. The maximum atomic E-state index is 5.80. The fourth-order valence-corrected chi connectivity index (χ4v) is 4.01. The van der Waals surface area contributed by atoms with Gasteiger partial charge in [0.2, 0.25) is 0 Å². The molecule has 1 rings (SSSR count). The molecule has 1 fully saturated rings. The lowest BCUT2D eigenvalue weighted by Crippen LogP contribution is -2.26. The third-order valence-corrected chi connectivity index (χ3v) is 5.89. The first-order valence-corrected chi connectivity index (χ1v) is 12.5. The van der Waals surface area contributed by atoms with Gasteiger partial charge in [0.25, 0.3) is 0 Å². The van der Waals surface area contributed by atoms with E-state index in [1.54, 1.807) is 7.11 Å². The molecule has 2 unspecified atom stereocenters. The molecule has 0 amide bonds. The molecule has 0 aromatic carbocycles. The highest BCUT2D eigenvalue weighted by Crippen LogP contribution is 2.22. The number of rotatable bonds is 20. The van der Waals surface area contributed by atoms with Crippen molar-refractivity contribution in [3.63, 3.8) is 0 Å². The highest BCUT2D eigenvalue weighted by atomic mass is 16.7. The summed E-state index contributed by atoms with van der Waals surface area (Å²) < 4.78 is 22.7. The summed E-state index contributed by atoms with van der Waals surface area (Å²) in [6.07, 6.45) is 20.9. The second kappa shape index (κ2) is 17.5. The van der Waals surface area contributed by atoms with Crippen molar-refractivity contribution in [1.82, 2.24) is 0 Å². The second-order valence-corrected chi connectivity index (χ2v) is 9.23. The normalized spacial score (nSPS) is 19.7. The van der Waals surface area contributed by atoms with E-state index >= 15 is 0 Å². The molecular weight excluding hydrogens is 364 g/mol. The van der Waals surface area contributed by atoms with Gasteiger partial charge in [0, 0.05) is 7.11 Å². The van der Waals surface area contributed by atoms with Gasteiger partial charge in [0.15, 0.2) is 5.79 Å². The SMILES string of the molecule is CCCCCCCCCCCCCCCCC(COCC1COC(C)(C)O1)OC. The van der Waals surface area contributed by atoms with Gasteiger partial charge in [-0.15, -0.1) is 0 Å². The van der Waals surface area contributed by atoms with Crippen molar-refractivity contribution < 1.29 is 18.9 Å². The lowest BCUT2D eigenvalue weighted by Gasteiger charge is -2.19. The minimum Gasteiger partial charge on any atom is -0.379 e. The van der Waals surface area contributed by atoms with E-state index in [0.29, 0.717) is 19.8 Å². The fourth-order valence-electron chi connectivity index (χ4n) is 4.01. The zero-order valence-corrected chi connectivity index (χ0v) is 20.0. The van der Waals surface area contributed by atoms with Crippen molar-refractivity contribution in [3.8, 4) is 0 Å². The monoisotopic (exact) mass is 414 g/mol. The molecular formula is C25H50O4. The van der Waals surface area contributed by atoms with Gasteiger partial charge in [0.1, 0.15) is 6.10 Å². The van der Waals surface area contributed by atoms with Crippen LogP contribution in [0.25, 0.3) is 0 Å². The molecule has 0 aromatic rings. The van der Waals surface area contributed by atoms with E-state index in [2.05, 4.69) is 6.92 Å². The fraction of sp³-hybridized carbons (Fsp3) is 1.00. The average Bonchev–Trinajstić information content (AvgIpc) is 3.05. The van der Waals surface area contributed by atoms with Crippen molar-refractivity contribution in [2.24, 2.45) is 0 Å². The maximum absolute atomic E-state index is 5.80. The Labute approximate surface area is 181 Å². The highest BCUT2D eigenvalue weighted by molar-refractivity contribution is 4.70. The van der Waals surface area contributed by atoms with Crippen LogP contribution >= 0.6 is 0 Å². The molecule has 1 aliphatic heterocycles. The van der Waals surface area contributed by atoms with Crippen molar-refractivity contribution >= 4 is 0 Å². The summed E-state index contributed by atoms with van der Waals surface area (Å²) in [5, 5.41) is 0. The van der Waals surface area contributed by atoms with Crippen molar-refractivity contribution in [2.75, 3.05) is 26.9 Å². The van der Waals surface area contributed by atoms with E-state index in [9.17, 15) is 0 Å². The largest absolute Gasteiger partial charge is 0.379 e. The minimum atomic E-state index is -0.469. The smallest absolute Gasteiger partial charge is 0.163 e. The molecule has 0 aromatic heterocycles. The topological polar surface area (TPSA) is 36.9 Å². The first-order chi connectivity index (χ1) is 14.1. The van der Waals surface area contributed by atoms with Gasteiger partial charge < -0.3 is 18.9 Å². The Bertz CT molecular complexity index is 359. The average molecular weight is 415 g/mol. The number of unbranched alkanes of at least 4 members (excludes halogenated alkanes) is 13. The molecule has 4 heteroatoms. The molecule has 0 radical (unpaired) electrons. The van der Waals surface area contributed by atoms with Crippen LogP contribution in [-0.2, 0) is 18.9 Å². The predicted molar refractivity (Wildman–Crippen MR) is 121 cm³/mol. The minimum absolute atomic E-state index is 0.0450. The van der Waals surface area contributed by atoms with Gasteiger partial charge in [-0.3, -0.25) is 0 Å². The Kier molecular flexibility index (Phi) is 16.2. The van der Waals surface area contributed by atoms with E-state index in [-0.39, 0.29) is 12.2 Å². The third-order valence-electron chi connectivity index (χ3n) is 5.89. The van der Waals surface area contributed by atoms with Crippen LogP contribution in [0.2, 0.25) is 0 Å². The van der Waals surface area contributed by atoms with E-state index in [0.717, 1.165) is 6.42 Å². The summed E-state index contributed by atoms with van der Waals surface area (Å²) in [5.74, 6) is -0.469. The molecule has 0 bridgehead atoms. The van der Waals surface area contributed by atoms with Crippen LogP contribution in [0, 0.1) is 0 Å². The summed E-state index contributed by atoms with van der Waals surface area (Å²) >= 11 is 0. The van der Waals surface area contributed by atoms with Crippen molar-refractivity contribution in [2.45, 2.75) is 135 Å². The zero-order valence-electron chi connectivity index (χ0n) is 20.0. The first-order valence-electron chi connectivity index (χ1n) is 12.5. The van der Waals surface area contributed by atoms with E-state index in [1.807, 2.05) is 13.8 Å². The molecule has 1 aliphatic rings. The predicted octanol–water partition coefficient (Wildman–Crippen LogP) is 7.04. The zero-order chi connectivity index (χ0) is 21.2. The van der Waals surface area contributed by atoms with Gasteiger partial charge >= 0.3 is 0 Å². The lowest BCUT2D eigenvalue weighted by molar-refractivity contribution is -0.146. The summed E-state index contributed by atoms with van der Waals surface area (Å²) in [7, 11) is 1.79. The number of hydrogen-bond acceptors (Lipinski definition) is 4. The number of methoxy groups -OCH3 is 1. The Morgan fingerprint density at radius 3 is 1.79 bits per heavy atom. The number of ether oxygens (including phenoxy) is 4. The quantitative estimate of drug-likeness (QED) is 0.200. The second-order valence-electron chi connectivity index (χ2n) is 9.23. The Hall–Kier alpha value is -0.160. The molecule has 0 aliphatic carbocycles. The van der Waals surface area contributed by atoms with Crippen LogP contribution < -0.4 is 0 Å². The van der Waals surface area contributed by atoms with Crippen molar-refractivity contribution in [1.29, 1.82) is 0 Å². The van der Waals surface area contributed by atoms with Gasteiger partial charge in [0.05, 0.1) is 25.9 Å². The van der Waals surface area contributed by atoms with Crippen LogP contribution in [0.4, 0.5) is 0 Å². The van der Waals surface area contributed by atoms with Gasteiger partial charge in [-0.25, -0.2) is 0 Å². The van der Waals surface area contributed by atoms with Crippen LogP contribution in [0.3, 0.4) is 0 Å². The Morgan fingerprint density at radius 1 is 0.828 bits per heavy atom. The van der Waals surface area contributed by atoms with E-state index in [1.165, 1.54) is 89.9 Å². The van der Waals surface area contributed by atoms with Gasteiger partial charge in [-0.05, 0) is 20.3 Å². The molecule has 0 spiro atoms. The van der Waals surface area contributed by atoms with E-state index in [4.69, 9.17) is 18.9 Å². The van der Waals surface area contributed by atoms with Crippen LogP contribution in [-0.4, -0.2) is 44.9 Å². The van der Waals surface area contributed by atoms with Crippen LogP contribution in [0.5, 0.6) is 0 Å². The Morgan fingerprint density at radius 2 is 1.34 bits per heavy atom. The third kappa shape index (κ3) is 15.3. The maximum Gasteiger partial charge on any atom is 0.163 e. The molecule has 0 saturated carbocycles. The number of hydrogen-bond donors (Lipinski definition) is 0. The molecule has 0 N–H and O–H groups in total. The molecule has 1 saturated heterocycles. The summed E-state index contributed by atoms with van der Waals surface area (Å²) in [6.45, 7) is 8.02. The molecule has 174 valence electrons. The van der Waals surface area contributed by atoms with Crippen LogP contribution in [0.15, 0.2) is 0 Å². The molecule has 2 atom stereocenters. The standard InChI is InChI=1S/C25H50O4/c1-5-6-7-8-9-10-11-12-13-14-15-16-17-18-19-23(26-4)20-27-21-24-22-28-25(2,3)29-24/h23-24H,5-22H2,1-4H3. The summed E-state index contributed by atoms with van der Waals surface area (Å²) in [6, 6.07) is 0. The Balaban J connectivity index is 1.83. The van der Waals surface area contributed by atoms with Gasteiger partial charge in [-0.2, -0.15) is 0 Å². The molecule has 29 heavy (non-hydrogen) atoms. The molecule has 1 heterocycles. The van der Waals surface area contributed by atoms with E-state index < -0.39 is 5.79 Å². The van der Waals surface area contributed by atoms with Crippen LogP contribution in [0.1, 0.15) is 117 Å². The lowest BCUT2D eigenvalue weighted by atomic mass is 10.0. The highest BCUT2D eigenvalue weighted by Gasteiger charge is 2.32. The van der Waals surface area contributed by atoms with Crippen molar-refractivity contribution in [3.05, 3.63) is 0 Å². The summed E-state index contributed by atoms with van der Waals surface area (Å²) in [5.41, 5.74) is 0. The first kappa shape index (κ1) is 26.9. The molecule has 4 nitrogen and oxygen atoms in total. The van der Waals surface area contributed by atoms with Gasteiger partial charge in [-0.1, -0.05) is 96.8 Å².